The smallest absolute Gasteiger partial charge is 0.00982 e. The van der Waals surface area contributed by atoms with Gasteiger partial charge in [-0.2, -0.15) is 0 Å². The Morgan fingerprint density at radius 1 is 1.25 bits per heavy atom. The number of hydrogen-bond donors (Lipinski definition) is 1. The Morgan fingerprint density at radius 2 is 1.81 bits per heavy atom. The molecule has 1 N–H and O–H groups in total. The summed E-state index contributed by atoms with van der Waals surface area (Å²) in [5, 5.41) is 3.81. The van der Waals surface area contributed by atoms with Gasteiger partial charge in [0.2, 0.25) is 0 Å². The highest BCUT2D eigenvalue weighted by Crippen LogP contribution is 2.41. The highest BCUT2D eigenvalue weighted by molar-refractivity contribution is 4.92. The molecule has 2 atom stereocenters. The van der Waals surface area contributed by atoms with E-state index < -0.39 is 0 Å². The molecule has 96 valence electrons. The van der Waals surface area contributed by atoms with E-state index in [0.29, 0.717) is 10.8 Å². The van der Waals surface area contributed by atoms with Crippen molar-refractivity contribution in [1.29, 1.82) is 0 Å². The van der Waals surface area contributed by atoms with Crippen LogP contribution in [0.5, 0.6) is 0 Å². The van der Waals surface area contributed by atoms with Crippen molar-refractivity contribution >= 4 is 0 Å². The lowest BCUT2D eigenvalue weighted by Gasteiger charge is -2.32. The van der Waals surface area contributed by atoms with Crippen molar-refractivity contribution < 1.29 is 0 Å². The average Bonchev–Trinajstić information content (AvgIpc) is 2.36. The molecule has 0 aliphatic heterocycles. The van der Waals surface area contributed by atoms with E-state index in [1.54, 1.807) is 0 Å². The van der Waals surface area contributed by atoms with E-state index in [4.69, 9.17) is 0 Å². The summed E-state index contributed by atoms with van der Waals surface area (Å²) in [6.45, 7) is 17.7. The second kappa shape index (κ2) is 4.68. The monoisotopic (exact) mass is 225 g/mol. The van der Waals surface area contributed by atoms with Crippen molar-refractivity contribution in [2.45, 2.75) is 67.3 Å². The average molecular weight is 225 g/mol. The van der Waals surface area contributed by atoms with Crippen LogP contribution in [0, 0.1) is 22.7 Å². The zero-order chi connectivity index (χ0) is 12.6. The van der Waals surface area contributed by atoms with Crippen LogP contribution in [0.15, 0.2) is 0 Å². The van der Waals surface area contributed by atoms with Gasteiger partial charge < -0.3 is 5.32 Å². The Labute approximate surface area is 102 Å². The molecule has 0 saturated heterocycles. The first-order valence-corrected chi connectivity index (χ1v) is 6.87. The largest absolute Gasteiger partial charge is 0.313 e. The molecule has 0 radical (unpaired) electrons. The van der Waals surface area contributed by atoms with Crippen molar-refractivity contribution in [3.63, 3.8) is 0 Å². The lowest BCUT2D eigenvalue weighted by atomic mass is 9.81. The van der Waals surface area contributed by atoms with E-state index in [2.05, 4.69) is 53.8 Å². The highest BCUT2D eigenvalue weighted by Gasteiger charge is 2.37. The molecular formula is C15H31N. The van der Waals surface area contributed by atoms with Crippen molar-refractivity contribution in [3.05, 3.63) is 0 Å². The molecule has 0 bridgehead atoms. The summed E-state index contributed by atoms with van der Waals surface area (Å²) in [6.07, 6.45) is 2.70. The van der Waals surface area contributed by atoms with Gasteiger partial charge in [0.05, 0.1) is 0 Å². The standard InChI is InChI=1S/C15H31N/c1-11(2)15(6,7)10-16-13-9-14(4,5)8-12(13)3/h11-13,16H,8-10H2,1-7H3. The molecule has 0 amide bonds. The number of nitrogens with one attached hydrogen (secondary N) is 1. The van der Waals surface area contributed by atoms with E-state index in [1.165, 1.54) is 12.8 Å². The van der Waals surface area contributed by atoms with Crippen LogP contribution in [0.1, 0.15) is 61.3 Å². The topological polar surface area (TPSA) is 12.0 Å². The fraction of sp³-hybridized carbons (Fsp3) is 1.00. The van der Waals surface area contributed by atoms with Gasteiger partial charge in [0, 0.05) is 12.6 Å². The Balaban J connectivity index is 2.45. The quantitative estimate of drug-likeness (QED) is 0.760. The maximum Gasteiger partial charge on any atom is 0.00982 e. The molecule has 0 aromatic rings. The fourth-order valence-corrected chi connectivity index (χ4v) is 2.77. The lowest BCUT2D eigenvalue weighted by molar-refractivity contribution is 0.220. The first-order chi connectivity index (χ1) is 7.14. The van der Waals surface area contributed by atoms with Crippen molar-refractivity contribution in [2.24, 2.45) is 22.7 Å². The normalized spacial score (nSPS) is 30.0. The summed E-state index contributed by atoms with van der Waals surface area (Å²) in [4.78, 5) is 0. The molecule has 0 aromatic carbocycles. The second-order valence-corrected chi connectivity index (χ2v) is 7.68. The molecule has 1 nitrogen and oxygen atoms in total. The Morgan fingerprint density at radius 3 is 2.19 bits per heavy atom. The zero-order valence-corrected chi connectivity index (χ0v) is 12.4. The molecule has 0 heterocycles. The molecule has 1 fully saturated rings. The van der Waals surface area contributed by atoms with Gasteiger partial charge in [-0.15, -0.1) is 0 Å². The van der Waals surface area contributed by atoms with Crippen molar-refractivity contribution in [1.82, 2.24) is 5.32 Å². The van der Waals surface area contributed by atoms with Crippen molar-refractivity contribution in [2.75, 3.05) is 6.54 Å². The summed E-state index contributed by atoms with van der Waals surface area (Å²) >= 11 is 0. The SMILES string of the molecule is CC1CC(C)(C)CC1NCC(C)(C)C(C)C. The van der Waals surface area contributed by atoms with Gasteiger partial charge in [0.15, 0.2) is 0 Å². The van der Waals surface area contributed by atoms with Crippen LogP contribution in [0.25, 0.3) is 0 Å². The first kappa shape index (κ1) is 14.0. The van der Waals surface area contributed by atoms with Crippen LogP contribution in [0.3, 0.4) is 0 Å². The predicted octanol–water partition coefficient (Wildman–Crippen LogP) is 4.08. The third kappa shape index (κ3) is 3.48. The third-order valence-corrected chi connectivity index (χ3v) is 4.72. The summed E-state index contributed by atoms with van der Waals surface area (Å²) in [5.74, 6) is 1.57. The maximum atomic E-state index is 3.81. The summed E-state index contributed by atoms with van der Waals surface area (Å²) in [6, 6.07) is 0.730. The second-order valence-electron chi connectivity index (χ2n) is 7.68. The number of hydrogen-bond acceptors (Lipinski definition) is 1. The van der Waals surface area contributed by atoms with E-state index in [0.717, 1.165) is 24.4 Å². The molecule has 2 unspecified atom stereocenters. The van der Waals surface area contributed by atoms with Crippen molar-refractivity contribution in [3.8, 4) is 0 Å². The van der Waals surface area contributed by atoms with Gasteiger partial charge in [0.1, 0.15) is 0 Å². The van der Waals surface area contributed by atoms with Crippen LogP contribution >= 0.6 is 0 Å². The molecule has 1 saturated carbocycles. The minimum absolute atomic E-state index is 0.409. The Bertz CT molecular complexity index is 228. The first-order valence-electron chi connectivity index (χ1n) is 6.87. The maximum absolute atomic E-state index is 3.81. The zero-order valence-electron chi connectivity index (χ0n) is 12.4. The molecule has 16 heavy (non-hydrogen) atoms. The molecule has 1 aliphatic rings. The van der Waals surface area contributed by atoms with E-state index in [1.807, 2.05) is 0 Å². The molecular weight excluding hydrogens is 194 g/mol. The minimum atomic E-state index is 0.409. The highest BCUT2D eigenvalue weighted by atomic mass is 14.9. The summed E-state index contributed by atoms with van der Waals surface area (Å²) in [7, 11) is 0. The van der Waals surface area contributed by atoms with Gasteiger partial charge in [0.25, 0.3) is 0 Å². The van der Waals surface area contributed by atoms with E-state index in [-0.39, 0.29) is 0 Å². The van der Waals surface area contributed by atoms with Gasteiger partial charge in [-0.1, -0.05) is 48.5 Å². The van der Waals surface area contributed by atoms with Gasteiger partial charge in [-0.25, -0.2) is 0 Å². The van der Waals surface area contributed by atoms with E-state index in [9.17, 15) is 0 Å². The summed E-state index contributed by atoms with van der Waals surface area (Å²) < 4.78 is 0. The van der Waals surface area contributed by atoms with Crippen LogP contribution in [0.2, 0.25) is 0 Å². The number of rotatable bonds is 4. The van der Waals surface area contributed by atoms with Crippen LogP contribution in [-0.2, 0) is 0 Å². The minimum Gasteiger partial charge on any atom is -0.313 e. The molecule has 1 heteroatoms. The lowest BCUT2D eigenvalue weighted by Crippen LogP contribution is -2.40. The van der Waals surface area contributed by atoms with Crippen LogP contribution in [-0.4, -0.2) is 12.6 Å². The third-order valence-electron chi connectivity index (χ3n) is 4.72. The van der Waals surface area contributed by atoms with Gasteiger partial charge >= 0.3 is 0 Å². The fourth-order valence-electron chi connectivity index (χ4n) is 2.77. The Kier molecular flexibility index (Phi) is 4.10. The molecule has 1 rings (SSSR count). The summed E-state index contributed by atoms with van der Waals surface area (Å²) in [5.41, 5.74) is 0.950. The molecule has 1 aliphatic carbocycles. The van der Waals surface area contributed by atoms with Crippen LogP contribution in [0.4, 0.5) is 0 Å². The molecule has 0 aromatic heterocycles. The van der Waals surface area contributed by atoms with E-state index >= 15 is 0 Å². The van der Waals surface area contributed by atoms with Crippen LogP contribution < -0.4 is 5.32 Å². The molecule has 0 spiro atoms. The predicted molar refractivity (Wildman–Crippen MR) is 72.6 cm³/mol. The van der Waals surface area contributed by atoms with Gasteiger partial charge in [-0.05, 0) is 35.5 Å². The van der Waals surface area contributed by atoms with Gasteiger partial charge in [-0.3, -0.25) is 0 Å². The Hall–Kier alpha value is -0.0400.